The van der Waals surface area contributed by atoms with Gasteiger partial charge < -0.3 is 15.0 Å². The molecular formula is C18H27ClN2O2. The van der Waals surface area contributed by atoms with E-state index in [0.29, 0.717) is 5.92 Å². The van der Waals surface area contributed by atoms with Crippen LogP contribution in [0.25, 0.3) is 0 Å². The summed E-state index contributed by atoms with van der Waals surface area (Å²) in [5.74, 6) is 0.482. The van der Waals surface area contributed by atoms with E-state index in [9.17, 15) is 4.79 Å². The molecule has 0 spiro atoms. The summed E-state index contributed by atoms with van der Waals surface area (Å²) >= 11 is 5.98. The highest BCUT2D eigenvalue weighted by atomic mass is 35.5. The third-order valence-electron chi connectivity index (χ3n) is 3.99. The highest BCUT2D eigenvalue weighted by Crippen LogP contribution is 2.19. The van der Waals surface area contributed by atoms with Gasteiger partial charge in [0.1, 0.15) is 5.60 Å². The number of hydrogen-bond donors (Lipinski definition) is 1. The van der Waals surface area contributed by atoms with Crippen LogP contribution in [-0.4, -0.2) is 36.2 Å². The lowest BCUT2D eigenvalue weighted by Crippen LogP contribution is -2.36. The van der Waals surface area contributed by atoms with Crippen molar-refractivity contribution in [1.82, 2.24) is 10.2 Å². The van der Waals surface area contributed by atoms with Crippen molar-refractivity contribution in [2.75, 3.05) is 19.6 Å². The van der Waals surface area contributed by atoms with Crippen LogP contribution in [0, 0.1) is 12.8 Å². The molecule has 0 aliphatic carbocycles. The molecule has 128 valence electrons. The summed E-state index contributed by atoms with van der Waals surface area (Å²) in [4.78, 5) is 13.9. The van der Waals surface area contributed by atoms with Crippen molar-refractivity contribution in [3.63, 3.8) is 0 Å². The van der Waals surface area contributed by atoms with Gasteiger partial charge in [0.2, 0.25) is 0 Å². The van der Waals surface area contributed by atoms with Crippen LogP contribution in [0.3, 0.4) is 0 Å². The van der Waals surface area contributed by atoms with E-state index in [4.69, 9.17) is 16.3 Å². The lowest BCUT2D eigenvalue weighted by Gasteiger charge is -2.24. The maximum absolute atomic E-state index is 12.0. The molecule has 1 amide bonds. The van der Waals surface area contributed by atoms with Gasteiger partial charge in [-0.3, -0.25) is 0 Å². The first-order valence-corrected chi connectivity index (χ1v) is 8.56. The summed E-state index contributed by atoms with van der Waals surface area (Å²) in [6.07, 6.45) is 0.819. The molecule has 1 N–H and O–H groups in total. The minimum atomic E-state index is -0.431. The minimum Gasteiger partial charge on any atom is -0.444 e. The smallest absolute Gasteiger partial charge is 0.410 e. The number of nitrogens with zero attached hydrogens (tertiary/aromatic N) is 1. The van der Waals surface area contributed by atoms with Crippen molar-refractivity contribution < 1.29 is 9.53 Å². The van der Waals surface area contributed by atoms with Gasteiger partial charge >= 0.3 is 6.09 Å². The number of likely N-dealkylation sites (tertiary alicyclic amines) is 1. The van der Waals surface area contributed by atoms with Crippen molar-refractivity contribution in [2.45, 2.75) is 46.3 Å². The monoisotopic (exact) mass is 338 g/mol. The van der Waals surface area contributed by atoms with Gasteiger partial charge in [-0.05, 0) is 63.3 Å². The van der Waals surface area contributed by atoms with Crippen LogP contribution in [0.4, 0.5) is 4.79 Å². The molecule has 1 aromatic rings. The van der Waals surface area contributed by atoms with Gasteiger partial charge in [0.15, 0.2) is 0 Å². The fraction of sp³-hybridized carbons (Fsp3) is 0.611. The Morgan fingerprint density at radius 2 is 2.17 bits per heavy atom. The van der Waals surface area contributed by atoms with Crippen molar-refractivity contribution in [3.8, 4) is 0 Å². The molecule has 1 saturated heterocycles. The molecule has 1 unspecified atom stereocenters. The van der Waals surface area contributed by atoms with Gasteiger partial charge in [-0.25, -0.2) is 4.79 Å². The predicted molar refractivity (Wildman–Crippen MR) is 93.8 cm³/mol. The average molecular weight is 339 g/mol. The zero-order valence-electron chi connectivity index (χ0n) is 14.5. The maximum Gasteiger partial charge on any atom is 0.410 e. The molecule has 1 aliphatic rings. The van der Waals surface area contributed by atoms with E-state index in [1.807, 2.05) is 37.8 Å². The fourth-order valence-corrected chi connectivity index (χ4v) is 2.99. The molecular weight excluding hydrogens is 312 g/mol. The standard InChI is InChI=1S/C18H27ClN2O2/c1-13-9-16(19)6-5-15(13)11-20-10-14-7-8-21(12-14)17(22)23-18(2,3)4/h5-6,9,14,20H,7-8,10-12H2,1-4H3. The highest BCUT2D eigenvalue weighted by molar-refractivity contribution is 6.30. The van der Waals surface area contributed by atoms with Crippen molar-refractivity contribution in [3.05, 3.63) is 34.3 Å². The Bertz CT molecular complexity index is 554. The van der Waals surface area contributed by atoms with Gasteiger partial charge in [-0.15, -0.1) is 0 Å². The third-order valence-corrected chi connectivity index (χ3v) is 4.23. The average Bonchev–Trinajstić information content (AvgIpc) is 2.88. The van der Waals surface area contributed by atoms with Crippen LogP contribution in [0.15, 0.2) is 18.2 Å². The van der Waals surface area contributed by atoms with Gasteiger partial charge in [0.25, 0.3) is 0 Å². The molecule has 2 rings (SSSR count). The second-order valence-corrected chi connectivity index (χ2v) is 7.72. The first-order chi connectivity index (χ1) is 10.7. The van der Waals surface area contributed by atoms with Crippen LogP contribution in [0.5, 0.6) is 0 Å². The van der Waals surface area contributed by atoms with Gasteiger partial charge in [0, 0.05) is 31.2 Å². The predicted octanol–water partition coefficient (Wildman–Crippen LogP) is 4.00. The fourth-order valence-electron chi connectivity index (χ4n) is 2.76. The molecule has 1 atom stereocenters. The Morgan fingerprint density at radius 1 is 1.43 bits per heavy atom. The quantitative estimate of drug-likeness (QED) is 0.902. The summed E-state index contributed by atoms with van der Waals surface area (Å²) < 4.78 is 5.42. The molecule has 0 radical (unpaired) electrons. The summed E-state index contributed by atoms with van der Waals surface area (Å²) in [6, 6.07) is 5.97. The second-order valence-electron chi connectivity index (χ2n) is 7.28. The number of carbonyl (C=O) groups is 1. The summed E-state index contributed by atoms with van der Waals surface area (Å²) in [5, 5.41) is 4.26. The van der Waals surface area contributed by atoms with E-state index in [1.165, 1.54) is 11.1 Å². The largest absolute Gasteiger partial charge is 0.444 e. The number of hydrogen-bond acceptors (Lipinski definition) is 3. The summed E-state index contributed by atoms with van der Waals surface area (Å²) in [6.45, 7) is 11.0. The van der Waals surface area contributed by atoms with Crippen molar-refractivity contribution >= 4 is 17.7 Å². The number of aryl methyl sites for hydroxylation is 1. The van der Waals surface area contributed by atoms with E-state index in [2.05, 4.69) is 18.3 Å². The summed E-state index contributed by atoms with van der Waals surface area (Å²) in [7, 11) is 0. The normalized spacial score (nSPS) is 18.3. The van der Waals surface area contributed by atoms with Crippen molar-refractivity contribution in [2.24, 2.45) is 5.92 Å². The number of amides is 1. The third kappa shape index (κ3) is 5.70. The Labute approximate surface area is 144 Å². The molecule has 1 fully saturated rings. The summed E-state index contributed by atoms with van der Waals surface area (Å²) in [5.41, 5.74) is 2.03. The highest BCUT2D eigenvalue weighted by Gasteiger charge is 2.29. The number of rotatable bonds is 4. The number of nitrogens with one attached hydrogen (secondary N) is 1. The van der Waals surface area contributed by atoms with Gasteiger partial charge in [-0.1, -0.05) is 17.7 Å². The van der Waals surface area contributed by atoms with E-state index in [0.717, 1.165) is 37.6 Å². The molecule has 1 aromatic carbocycles. The van der Waals surface area contributed by atoms with Crippen LogP contribution in [0.1, 0.15) is 38.3 Å². The Balaban J connectivity index is 1.74. The van der Waals surface area contributed by atoms with E-state index in [-0.39, 0.29) is 6.09 Å². The molecule has 5 heteroatoms. The first kappa shape index (κ1) is 18.1. The maximum atomic E-state index is 12.0. The number of benzene rings is 1. The van der Waals surface area contributed by atoms with E-state index in [1.54, 1.807) is 0 Å². The van der Waals surface area contributed by atoms with E-state index >= 15 is 0 Å². The van der Waals surface area contributed by atoms with Gasteiger partial charge in [-0.2, -0.15) is 0 Å². The Hall–Kier alpha value is -1.26. The Morgan fingerprint density at radius 3 is 2.83 bits per heavy atom. The van der Waals surface area contributed by atoms with Gasteiger partial charge in [0.05, 0.1) is 0 Å². The lowest BCUT2D eigenvalue weighted by atomic mass is 10.1. The Kier molecular flexibility index (Phi) is 5.93. The molecule has 23 heavy (non-hydrogen) atoms. The number of carbonyl (C=O) groups excluding carboxylic acids is 1. The number of halogens is 1. The second kappa shape index (κ2) is 7.54. The van der Waals surface area contributed by atoms with Crippen LogP contribution >= 0.6 is 11.6 Å². The zero-order chi connectivity index (χ0) is 17.0. The molecule has 0 aromatic heterocycles. The van der Waals surface area contributed by atoms with Crippen LogP contribution < -0.4 is 5.32 Å². The molecule has 0 saturated carbocycles. The van der Waals surface area contributed by atoms with Crippen LogP contribution in [-0.2, 0) is 11.3 Å². The zero-order valence-corrected chi connectivity index (χ0v) is 15.2. The molecule has 1 heterocycles. The lowest BCUT2D eigenvalue weighted by molar-refractivity contribution is 0.0288. The molecule has 1 aliphatic heterocycles. The van der Waals surface area contributed by atoms with Crippen molar-refractivity contribution in [1.29, 1.82) is 0 Å². The minimum absolute atomic E-state index is 0.200. The van der Waals surface area contributed by atoms with Crippen LogP contribution in [0.2, 0.25) is 5.02 Å². The van der Waals surface area contributed by atoms with E-state index < -0.39 is 5.60 Å². The number of ether oxygens (including phenoxy) is 1. The molecule has 4 nitrogen and oxygen atoms in total. The SMILES string of the molecule is Cc1cc(Cl)ccc1CNCC1CCN(C(=O)OC(C)(C)C)C1. The first-order valence-electron chi connectivity index (χ1n) is 8.18. The topological polar surface area (TPSA) is 41.6 Å². The molecule has 0 bridgehead atoms.